The smallest absolute Gasteiger partial charge is 0.270 e. The van der Waals surface area contributed by atoms with Crippen LogP contribution in [0.2, 0.25) is 0 Å². The number of furan rings is 1. The van der Waals surface area contributed by atoms with Crippen LogP contribution in [-0.4, -0.2) is 16.5 Å². The zero-order chi connectivity index (χ0) is 21.6. The third kappa shape index (κ3) is 3.09. The lowest BCUT2D eigenvalue weighted by Gasteiger charge is -2.26. The van der Waals surface area contributed by atoms with E-state index in [2.05, 4.69) is 5.32 Å². The minimum atomic E-state index is -0.555. The Labute approximate surface area is 175 Å². The molecule has 3 heterocycles. The topological polar surface area (TPSA) is 128 Å². The highest BCUT2D eigenvalue weighted by Gasteiger charge is 2.37. The molecule has 0 fully saturated rings. The van der Waals surface area contributed by atoms with Gasteiger partial charge in [0.2, 0.25) is 5.78 Å². The van der Waals surface area contributed by atoms with Crippen LogP contribution >= 0.6 is 11.3 Å². The fourth-order valence-electron chi connectivity index (χ4n) is 3.70. The maximum atomic E-state index is 13.1. The van der Waals surface area contributed by atoms with Crippen molar-refractivity contribution in [1.82, 2.24) is 0 Å². The largest absolute Gasteiger partial charge is 0.468 e. The molecular formula is C21H17N3O5S. The second kappa shape index (κ2) is 7.27. The van der Waals surface area contributed by atoms with Crippen LogP contribution < -0.4 is 11.1 Å². The van der Waals surface area contributed by atoms with Crippen LogP contribution in [-0.2, 0) is 4.79 Å². The molecule has 1 aliphatic heterocycles. The molecule has 0 bridgehead atoms. The van der Waals surface area contributed by atoms with E-state index >= 15 is 0 Å². The van der Waals surface area contributed by atoms with Crippen LogP contribution in [0.5, 0.6) is 0 Å². The number of allylic oxidation sites excluding steroid dienone is 2. The summed E-state index contributed by atoms with van der Waals surface area (Å²) in [6.45, 7) is 3.26. The number of nitrogens with one attached hydrogen (secondary N) is 1. The van der Waals surface area contributed by atoms with Gasteiger partial charge in [-0.25, -0.2) is 0 Å². The maximum absolute atomic E-state index is 13.1. The Kier molecular flexibility index (Phi) is 4.75. The molecule has 152 valence electrons. The van der Waals surface area contributed by atoms with Crippen LogP contribution in [0.3, 0.4) is 0 Å². The summed E-state index contributed by atoms with van der Waals surface area (Å²) in [7, 11) is 0. The van der Waals surface area contributed by atoms with E-state index in [1.165, 1.54) is 37.5 Å². The molecular weight excluding hydrogens is 406 g/mol. The van der Waals surface area contributed by atoms with Crippen molar-refractivity contribution >= 4 is 39.3 Å². The lowest BCUT2D eigenvalue weighted by Crippen LogP contribution is -2.21. The SMILES string of the molecule is CC(=O)C1=C(C)Nc2sc(C(=O)c3cccc([N+](=O)[O-])c3)c(N)c2C1c1ccco1. The van der Waals surface area contributed by atoms with E-state index in [0.717, 1.165) is 11.3 Å². The van der Waals surface area contributed by atoms with Gasteiger partial charge in [0.05, 0.1) is 27.8 Å². The summed E-state index contributed by atoms with van der Waals surface area (Å²) >= 11 is 1.16. The first-order valence-electron chi connectivity index (χ1n) is 9.03. The zero-order valence-electron chi connectivity index (χ0n) is 16.1. The monoisotopic (exact) mass is 423 g/mol. The molecule has 1 atom stereocenters. The van der Waals surface area contributed by atoms with Gasteiger partial charge in [-0.3, -0.25) is 19.7 Å². The highest BCUT2D eigenvalue weighted by Crippen LogP contribution is 2.50. The number of rotatable bonds is 5. The van der Waals surface area contributed by atoms with Crippen molar-refractivity contribution in [2.75, 3.05) is 11.1 Å². The first-order valence-corrected chi connectivity index (χ1v) is 9.84. The molecule has 0 amide bonds. The van der Waals surface area contributed by atoms with Gasteiger partial charge >= 0.3 is 0 Å². The molecule has 0 saturated carbocycles. The zero-order valence-corrected chi connectivity index (χ0v) is 16.9. The lowest BCUT2D eigenvalue weighted by atomic mass is 9.83. The number of benzene rings is 1. The molecule has 0 radical (unpaired) electrons. The number of nitro benzene ring substituents is 1. The molecule has 1 aromatic carbocycles. The summed E-state index contributed by atoms with van der Waals surface area (Å²) in [6.07, 6.45) is 1.52. The van der Waals surface area contributed by atoms with E-state index in [0.29, 0.717) is 27.6 Å². The quantitative estimate of drug-likeness (QED) is 0.351. The number of nitrogens with two attached hydrogens (primary N) is 1. The van der Waals surface area contributed by atoms with Crippen molar-refractivity contribution < 1.29 is 18.9 Å². The van der Waals surface area contributed by atoms with Gasteiger partial charge in [-0.15, -0.1) is 11.3 Å². The first-order chi connectivity index (χ1) is 14.3. The lowest BCUT2D eigenvalue weighted by molar-refractivity contribution is -0.384. The van der Waals surface area contributed by atoms with Crippen LogP contribution in [0, 0.1) is 10.1 Å². The predicted molar refractivity (Wildman–Crippen MR) is 113 cm³/mol. The number of nitrogen functional groups attached to an aromatic ring is 1. The van der Waals surface area contributed by atoms with Gasteiger partial charge in [-0.2, -0.15) is 0 Å². The van der Waals surface area contributed by atoms with Gasteiger partial charge < -0.3 is 15.5 Å². The van der Waals surface area contributed by atoms with E-state index in [4.69, 9.17) is 10.2 Å². The van der Waals surface area contributed by atoms with E-state index in [-0.39, 0.29) is 27.6 Å². The Morgan fingerprint density at radius 1 is 1.27 bits per heavy atom. The van der Waals surface area contributed by atoms with Gasteiger partial charge in [0.1, 0.15) is 10.6 Å². The summed E-state index contributed by atoms with van der Waals surface area (Å²) in [5.74, 6) is -0.556. The summed E-state index contributed by atoms with van der Waals surface area (Å²) in [5, 5.41) is 14.9. The summed E-state index contributed by atoms with van der Waals surface area (Å²) < 4.78 is 5.59. The number of hydrogen-bond acceptors (Lipinski definition) is 8. The number of carbonyl (C=O) groups excluding carboxylic acids is 2. The Morgan fingerprint density at radius 2 is 2.03 bits per heavy atom. The van der Waals surface area contributed by atoms with Crippen LogP contribution in [0.25, 0.3) is 0 Å². The van der Waals surface area contributed by atoms with Gasteiger partial charge in [-0.05, 0) is 26.0 Å². The number of carbonyl (C=O) groups is 2. The van der Waals surface area contributed by atoms with E-state index < -0.39 is 16.6 Å². The third-order valence-corrected chi connectivity index (χ3v) is 6.13. The average molecular weight is 423 g/mol. The second-order valence-corrected chi connectivity index (χ2v) is 7.91. The minimum Gasteiger partial charge on any atom is -0.468 e. The summed E-state index contributed by atoms with van der Waals surface area (Å²) in [5.41, 5.74) is 8.39. The first kappa shape index (κ1) is 19.6. The molecule has 2 aromatic heterocycles. The molecule has 3 aromatic rings. The minimum absolute atomic E-state index is 0.135. The number of Topliss-reactive ketones (excluding diaryl/α,β-unsaturated/α-hetero) is 1. The molecule has 0 saturated heterocycles. The number of anilines is 2. The molecule has 1 aliphatic rings. The van der Waals surface area contributed by atoms with E-state index in [1.54, 1.807) is 19.1 Å². The van der Waals surface area contributed by atoms with Crippen molar-refractivity contribution in [1.29, 1.82) is 0 Å². The maximum Gasteiger partial charge on any atom is 0.270 e. The molecule has 8 nitrogen and oxygen atoms in total. The van der Waals surface area contributed by atoms with Gasteiger partial charge in [0, 0.05) is 34.5 Å². The number of fused-ring (bicyclic) bond motifs is 1. The highest BCUT2D eigenvalue weighted by molar-refractivity contribution is 7.19. The van der Waals surface area contributed by atoms with Gasteiger partial charge in [0.15, 0.2) is 5.78 Å². The van der Waals surface area contributed by atoms with Crippen molar-refractivity contribution in [2.45, 2.75) is 19.8 Å². The Morgan fingerprint density at radius 3 is 2.67 bits per heavy atom. The second-order valence-electron chi connectivity index (χ2n) is 6.89. The standard InChI is InChI=1S/C21H17N3O5S/c1-10-15(11(2)25)16(14-7-4-8-29-14)17-18(22)20(30-21(17)23-10)19(26)12-5-3-6-13(9-12)24(27)28/h3-9,16,23H,22H2,1-2H3. The Hall–Kier alpha value is -3.72. The van der Waals surface area contributed by atoms with E-state index in [1.807, 2.05) is 0 Å². The van der Waals surface area contributed by atoms with Crippen molar-refractivity contribution in [3.8, 4) is 0 Å². The number of ketones is 2. The molecule has 0 aliphatic carbocycles. The van der Waals surface area contributed by atoms with Crippen molar-refractivity contribution in [2.24, 2.45) is 0 Å². The highest BCUT2D eigenvalue weighted by atomic mass is 32.1. The molecule has 0 spiro atoms. The Bertz CT molecular complexity index is 1220. The average Bonchev–Trinajstić information content (AvgIpc) is 3.34. The number of hydrogen-bond donors (Lipinski definition) is 2. The molecule has 30 heavy (non-hydrogen) atoms. The van der Waals surface area contributed by atoms with Gasteiger partial charge in [-0.1, -0.05) is 12.1 Å². The van der Waals surface area contributed by atoms with Crippen molar-refractivity contribution in [3.63, 3.8) is 0 Å². The number of non-ortho nitro benzene ring substituents is 1. The number of nitro groups is 1. The molecule has 9 heteroatoms. The summed E-state index contributed by atoms with van der Waals surface area (Å²) in [4.78, 5) is 36.3. The number of nitrogens with zero attached hydrogens (tertiary/aromatic N) is 1. The van der Waals surface area contributed by atoms with Crippen LogP contribution in [0.1, 0.15) is 46.3 Å². The summed E-state index contributed by atoms with van der Waals surface area (Å²) in [6, 6.07) is 8.99. The Balaban J connectivity index is 1.85. The fraction of sp³-hybridized carbons (Fsp3) is 0.143. The predicted octanol–water partition coefficient (Wildman–Crippen LogP) is 4.48. The molecule has 3 N–H and O–H groups in total. The normalized spacial score (nSPS) is 15.5. The van der Waals surface area contributed by atoms with Gasteiger partial charge in [0.25, 0.3) is 5.69 Å². The number of thiophene rings is 1. The van der Waals surface area contributed by atoms with Crippen LogP contribution in [0.4, 0.5) is 16.4 Å². The van der Waals surface area contributed by atoms with Crippen LogP contribution in [0.15, 0.2) is 58.3 Å². The molecule has 1 unspecified atom stereocenters. The van der Waals surface area contributed by atoms with Crippen molar-refractivity contribution in [3.05, 3.63) is 85.8 Å². The fourth-order valence-corrected chi connectivity index (χ4v) is 4.88. The molecule has 4 rings (SSSR count). The third-order valence-electron chi connectivity index (χ3n) is 5.00. The van der Waals surface area contributed by atoms with E-state index in [9.17, 15) is 19.7 Å².